The van der Waals surface area contributed by atoms with Crippen LogP contribution in [-0.4, -0.2) is 62.8 Å². The average molecular weight is 544 g/mol. The summed E-state index contributed by atoms with van der Waals surface area (Å²) in [6.07, 6.45) is 0. The van der Waals surface area contributed by atoms with Crippen molar-refractivity contribution in [3.63, 3.8) is 0 Å². The van der Waals surface area contributed by atoms with Crippen LogP contribution >= 0.6 is 15.9 Å². The van der Waals surface area contributed by atoms with Gasteiger partial charge in [0.25, 0.3) is 11.8 Å². The van der Waals surface area contributed by atoms with E-state index in [-0.39, 0.29) is 5.91 Å². The number of anilines is 1. The lowest BCUT2D eigenvalue weighted by Gasteiger charge is -2.34. The lowest BCUT2D eigenvalue weighted by atomic mass is 10.1. The molecule has 1 saturated heterocycles. The molecule has 180 valence electrons. The zero-order chi connectivity index (χ0) is 24.8. The number of imidazole rings is 2. The summed E-state index contributed by atoms with van der Waals surface area (Å²) in [4.78, 5) is 44.7. The fraction of sp³-hybridized carbons (Fsp3) is 0.154. The Morgan fingerprint density at radius 3 is 2.42 bits per heavy atom. The molecule has 0 bridgehead atoms. The van der Waals surface area contributed by atoms with E-state index >= 15 is 0 Å². The van der Waals surface area contributed by atoms with Gasteiger partial charge in [0.2, 0.25) is 5.95 Å². The van der Waals surface area contributed by atoms with Crippen molar-refractivity contribution in [3.05, 3.63) is 76.3 Å². The van der Waals surface area contributed by atoms with Crippen LogP contribution in [0.15, 0.2) is 65.1 Å². The predicted octanol–water partition coefficient (Wildman–Crippen LogP) is 3.93. The molecule has 3 heterocycles. The summed E-state index contributed by atoms with van der Waals surface area (Å²) >= 11 is 3.48. The molecule has 0 atom stereocenters. The van der Waals surface area contributed by atoms with E-state index in [4.69, 9.17) is 10.7 Å². The van der Waals surface area contributed by atoms with Gasteiger partial charge in [0.1, 0.15) is 11.3 Å². The van der Waals surface area contributed by atoms with Crippen LogP contribution in [0.1, 0.15) is 20.7 Å². The number of benzene rings is 3. The molecule has 6 rings (SSSR count). The minimum atomic E-state index is -0.520. The maximum absolute atomic E-state index is 13.1. The number of hydrogen-bond acceptors (Lipinski definition) is 5. The molecule has 1 fully saturated rings. The molecule has 3 aromatic carbocycles. The molecule has 0 radical (unpaired) electrons. The maximum atomic E-state index is 13.1. The number of nitrogens with two attached hydrogens (primary N) is 1. The van der Waals surface area contributed by atoms with E-state index in [1.165, 1.54) is 0 Å². The molecule has 2 amide bonds. The van der Waals surface area contributed by atoms with E-state index < -0.39 is 5.91 Å². The van der Waals surface area contributed by atoms with Gasteiger partial charge in [-0.05, 0) is 42.5 Å². The Bertz CT molecular complexity index is 1610. The molecule has 0 saturated carbocycles. The van der Waals surface area contributed by atoms with Crippen LogP contribution < -0.4 is 10.6 Å². The van der Waals surface area contributed by atoms with Gasteiger partial charge >= 0.3 is 0 Å². The fourth-order valence-corrected chi connectivity index (χ4v) is 4.91. The van der Waals surface area contributed by atoms with Crippen molar-refractivity contribution < 1.29 is 9.59 Å². The zero-order valence-electron chi connectivity index (χ0n) is 19.2. The molecule has 9 nitrogen and oxygen atoms in total. The number of primary amides is 1. The summed E-state index contributed by atoms with van der Waals surface area (Å²) in [5.41, 5.74) is 10.5. The normalized spacial score (nSPS) is 14.0. The van der Waals surface area contributed by atoms with Crippen molar-refractivity contribution in [1.29, 1.82) is 0 Å². The number of nitrogens with one attached hydrogen (secondary N) is 2. The number of para-hydroxylation sites is 1. The number of aromatic amines is 2. The first kappa shape index (κ1) is 22.3. The third kappa shape index (κ3) is 3.99. The smallest absolute Gasteiger partial charge is 0.253 e. The Labute approximate surface area is 214 Å². The Balaban J connectivity index is 1.14. The highest BCUT2D eigenvalue weighted by molar-refractivity contribution is 9.10. The fourth-order valence-electron chi connectivity index (χ4n) is 4.56. The molecule has 0 spiro atoms. The minimum absolute atomic E-state index is 0.00430. The zero-order valence-corrected chi connectivity index (χ0v) is 20.7. The van der Waals surface area contributed by atoms with Gasteiger partial charge in [0.05, 0.1) is 22.1 Å². The van der Waals surface area contributed by atoms with Gasteiger partial charge in [0, 0.05) is 41.8 Å². The molecule has 5 aromatic rings. The van der Waals surface area contributed by atoms with E-state index in [0.717, 1.165) is 32.5 Å². The molecule has 1 aliphatic rings. The topological polar surface area (TPSA) is 124 Å². The van der Waals surface area contributed by atoms with Crippen molar-refractivity contribution in [2.24, 2.45) is 5.73 Å². The number of H-pyrrole nitrogens is 2. The van der Waals surface area contributed by atoms with E-state index in [1.807, 2.05) is 53.4 Å². The van der Waals surface area contributed by atoms with Gasteiger partial charge in [0.15, 0.2) is 0 Å². The molecular formula is C26H22BrN7O2. The van der Waals surface area contributed by atoms with Gasteiger partial charge in [-0.2, -0.15) is 0 Å². The lowest BCUT2D eigenvalue weighted by Crippen LogP contribution is -2.49. The summed E-state index contributed by atoms with van der Waals surface area (Å²) in [5.74, 6) is 0.914. The van der Waals surface area contributed by atoms with Gasteiger partial charge in [-0.15, -0.1) is 0 Å². The first-order chi connectivity index (χ1) is 17.5. The standard InChI is InChI=1S/C26H22BrN7O2/c27-17-8-9-19-21(14-17)31-26(30-19)34-12-10-33(11-13-34)25(36)16-6-4-15(5-7-16)24-29-20-3-1-2-18(23(28)35)22(20)32-24/h1-9,14H,10-13H2,(H2,28,35)(H,29,32)(H,30,31). The summed E-state index contributed by atoms with van der Waals surface area (Å²) in [6.45, 7) is 2.62. The predicted molar refractivity (Wildman–Crippen MR) is 142 cm³/mol. The lowest BCUT2D eigenvalue weighted by molar-refractivity contribution is 0.0746. The van der Waals surface area contributed by atoms with Crippen LogP contribution in [0.4, 0.5) is 5.95 Å². The van der Waals surface area contributed by atoms with Gasteiger partial charge in [-0.3, -0.25) is 9.59 Å². The highest BCUT2D eigenvalue weighted by Crippen LogP contribution is 2.25. The van der Waals surface area contributed by atoms with Crippen molar-refractivity contribution in [2.45, 2.75) is 0 Å². The number of nitrogens with zero attached hydrogens (tertiary/aromatic N) is 4. The number of carbonyl (C=O) groups excluding carboxylic acids is 2. The Kier molecular flexibility index (Phi) is 5.45. The summed E-state index contributed by atoms with van der Waals surface area (Å²) in [7, 11) is 0. The summed E-state index contributed by atoms with van der Waals surface area (Å²) < 4.78 is 0.991. The van der Waals surface area contributed by atoms with Crippen LogP contribution in [0.2, 0.25) is 0 Å². The third-order valence-electron chi connectivity index (χ3n) is 6.48. The maximum Gasteiger partial charge on any atom is 0.253 e. The largest absolute Gasteiger partial charge is 0.366 e. The number of halogens is 1. The second-order valence-electron chi connectivity index (χ2n) is 8.73. The Morgan fingerprint density at radius 1 is 0.889 bits per heavy atom. The van der Waals surface area contributed by atoms with Crippen LogP contribution in [0.25, 0.3) is 33.5 Å². The molecule has 4 N–H and O–H groups in total. The van der Waals surface area contributed by atoms with E-state index in [9.17, 15) is 9.59 Å². The van der Waals surface area contributed by atoms with Gasteiger partial charge in [-0.25, -0.2) is 9.97 Å². The van der Waals surface area contributed by atoms with E-state index in [1.54, 1.807) is 12.1 Å². The van der Waals surface area contributed by atoms with Crippen LogP contribution in [0.3, 0.4) is 0 Å². The molecule has 0 aliphatic carbocycles. The number of fused-ring (bicyclic) bond motifs is 2. The molecule has 1 aliphatic heterocycles. The SMILES string of the molecule is NC(=O)c1cccc2[nH]c(-c3ccc(C(=O)N4CCN(c5nc6cc(Br)ccc6[nH]5)CC4)cc3)nc12. The number of carbonyl (C=O) groups is 2. The monoisotopic (exact) mass is 543 g/mol. The van der Waals surface area contributed by atoms with Crippen molar-refractivity contribution >= 4 is 55.8 Å². The molecular weight excluding hydrogens is 522 g/mol. The van der Waals surface area contributed by atoms with Crippen LogP contribution in [-0.2, 0) is 0 Å². The van der Waals surface area contributed by atoms with Crippen molar-refractivity contribution in [3.8, 4) is 11.4 Å². The highest BCUT2D eigenvalue weighted by atomic mass is 79.9. The quantitative estimate of drug-likeness (QED) is 0.316. The van der Waals surface area contributed by atoms with Crippen molar-refractivity contribution in [1.82, 2.24) is 24.8 Å². The summed E-state index contributed by atoms with van der Waals surface area (Å²) in [6, 6.07) is 18.6. The third-order valence-corrected chi connectivity index (χ3v) is 6.98. The first-order valence-corrected chi connectivity index (χ1v) is 12.3. The number of aromatic nitrogens is 4. The highest BCUT2D eigenvalue weighted by Gasteiger charge is 2.24. The van der Waals surface area contributed by atoms with Crippen LogP contribution in [0, 0.1) is 0 Å². The second-order valence-corrected chi connectivity index (χ2v) is 9.65. The molecule has 10 heteroatoms. The Morgan fingerprint density at radius 2 is 1.67 bits per heavy atom. The van der Waals surface area contributed by atoms with Gasteiger partial charge < -0.3 is 25.5 Å². The van der Waals surface area contributed by atoms with Gasteiger partial charge in [-0.1, -0.05) is 34.1 Å². The number of rotatable bonds is 4. The minimum Gasteiger partial charge on any atom is -0.366 e. The average Bonchev–Trinajstić information content (AvgIpc) is 3.52. The number of piperazine rings is 1. The van der Waals surface area contributed by atoms with E-state index in [0.29, 0.717) is 48.6 Å². The van der Waals surface area contributed by atoms with E-state index in [2.05, 4.69) is 35.8 Å². The first-order valence-electron chi connectivity index (χ1n) is 11.5. The molecule has 2 aromatic heterocycles. The number of amides is 2. The molecule has 0 unspecified atom stereocenters. The van der Waals surface area contributed by atoms with Crippen molar-refractivity contribution in [2.75, 3.05) is 31.1 Å². The Hall–Kier alpha value is -4.18. The van der Waals surface area contributed by atoms with Crippen LogP contribution in [0.5, 0.6) is 0 Å². The number of hydrogen-bond donors (Lipinski definition) is 3. The molecule has 36 heavy (non-hydrogen) atoms. The summed E-state index contributed by atoms with van der Waals surface area (Å²) in [5, 5.41) is 0. The second kappa shape index (κ2) is 8.80.